The average Bonchev–Trinajstić information content (AvgIpc) is 3.29. The summed E-state index contributed by atoms with van der Waals surface area (Å²) >= 11 is 0. The number of nitrogens with zero attached hydrogens (tertiary/aromatic N) is 1. The highest BCUT2D eigenvalue weighted by Crippen LogP contribution is 2.54. The largest absolute Gasteiger partial charge is 0.292 e. The van der Waals surface area contributed by atoms with Crippen molar-refractivity contribution in [3.8, 4) is 6.07 Å². The molecule has 1 aliphatic rings. The number of Topliss-reactive ketones (excluding diaryl/α,β-unsaturated/α-hetero) is 1. The van der Waals surface area contributed by atoms with Crippen LogP contribution in [0.25, 0.3) is 0 Å². The summed E-state index contributed by atoms with van der Waals surface area (Å²) in [5, 5.41) is 10.5. The molecule has 0 aliphatic heterocycles. The average molecular weight is 323 g/mol. The van der Waals surface area contributed by atoms with Gasteiger partial charge in [0.05, 0.1) is 11.0 Å². The van der Waals surface area contributed by atoms with E-state index in [9.17, 15) is 18.5 Å². The van der Waals surface area contributed by atoms with Crippen LogP contribution in [0.3, 0.4) is 0 Å². The fourth-order valence-corrected chi connectivity index (χ4v) is 3.81. The Morgan fingerprint density at radius 2 is 1.61 bits per heavy atom. The maximum Gasteiger partial charge on any atom is 0.199 e. The fourth-order valence-electron chi connectivity index (χ4n) is 2.47. The van der Waals surface area contributed by atoms with Crippen LogP contribution in [0.4, 0.5) is 0 Å². The summed E-state index contributed by atoms with van der Waals surface area (Å²) < 4.78 is 24.7. The molecule has 0 amide bonds. The molecule has 0 saturated heterocycles. The molecular weight excluding hydrogens is 310 g/mol. The molecular formula is C18H13NO3S. The molecule has 1 fully saturated rings. The first kappa shape index (κ1) is 15.2. The number of carbonyl (C=O) groups excluding carboxylic acids is 1. The second-order valence-corrected chi connectivity index (χ2v) is 7.19. The van der Waals surface area contributed by atoms with Crippen molar-refractivity contribution in [2.45, 2.75) is 11.3 Å². The van der Waals surface area contributed by atoms with Gasteiger partial charge in [0.15, 0.2) is 15.6 Å². The van der Waals surface area contributed by atoms with Gasteiger partial charge in [0.25, 0.3) is 0 Å². The van der Waals surface area contributed by atoms with Gasteiger partial charge in [0.1, 0.15) is 5.41 Å². The Bertz CT molecular complexity index is 925. The van der Waals surface area contributed by atoms with E-state index in [1.165, 1.54) is 12.1 Å². The third kappa shape index (κ3) is 2.69. The minimum absolute atomic E-state index is 0.151. The van der Waals surface area contributed by atoms with Crippen molar-refractivity contribution in [2.24, 2.45) is 5.41 Å². The molecule has 1 aliphatic carbocycles. The second kappa shape index (κ2) is 5.49. The summed E-state index contributed by atoms with van der Waals surface area (Å²) in [4.78, 5) is 12.7. The summed E-state index contributed by atoms with van der Waals surface area (Å²) in [6.07, 6.45) is 0.156. The number of benzene rings is 2. The van der Waals surface area contributed by atoms with Crippen LogP contribution in [-0.2, 0) is 9.84 Å². The first-order valence-electron chi connectivity index (χ1n) is 7.02. The normalized spacial score (nSPS) is 21.6. The maximum atomic E-state index is 12.5. The highest BCUT2D eigenvalue weighted by molar-refractivity contribution is 7.94. The summed E-state index contributed by atoms with van der Waals surface area (Å²) in [5.74, 6) is -0.352. The summed E-state index contributed by atoms with van der Waals surface area (Å²) in [5.41, 5.74) is -0.587. The summed E-state index contributed by atoms with van der Waals surface area (Å²) in [6, 6.07) is 18.4. The number of carbonyl (C=O) groups is 1. The Morgan fingerprint density at radius 3 is 2.17 bits per heavy atom. The molecule has 1 unspecified atom stereocenters. The third-order valence-corrected chi connectivity index (χ3v) is 5.39. The van der Waals surface area contributed by atoms with Crippen LogP contribution in [0, 0.1) is 16.7 Å². The quantitative estimate of drug-likeness (QED) is 0.810. The number of hydrogen-bond donors (Lipinski definition) is 0. The molecule has 2 aromatic carbocycles. The van der Waals surface area contributed by atoms with E-state index in [1.807, 2.05) is 6.07 Å². The highest BCUT2D eigenvalue weighted by Gasteiger charge is 2.56. The summed E-state index contributed by atoms with van der Waals surface area (Å²) in [6.45, 7) is 0. The molecule has 3 rings (SSSR count). The minimum atomic E-state index is -3.66. The topological polar surface area (TPSA) is 75.0 Å². The van der Waals surface area contributed by atoms with Gasteiger partial charge < -0.3 is 0 Å². The van der Waals surface area contributed by atoms with Crippen molar-refractivity contribution in [3.63, 3.8) is 0 Å². The number of sulfone groups is 1. The van der Waals surface area contributed by atoms with Crippen LogP contribution in [0.1, 0.15) is 16.8 Å². The van der Waals surface area contributed by atoms with Crippen LogP contribution in [0.5, 0.6) is 0 Å². The molecule has 2 aromatic rings. The van der Waals surface area contributed by atoms with E-state index in [0.717, 1.165) is 5.41 Å². The number of ketones is 1. The first-order chi connectivity index (χ1) is 11.0. The molecule has 0 N–H and O–H groups in total. The molecule has 0 radical (unpaired) electrons. The number of nitriles is 1. The molecule has 0 bridgehead atoms. The van der Waals surface area contributed by atoms with E-state index in [1.54, 1.807) is 48.5 Å². The molecule has 1 atom stereocenters. The van der Waals surface area contributed by atoms with Crippen molar-refractivity contribution >= 4 is 15.6 Å². The summed E-state index contributed by atoms with van der Waals surface area (Å²) in [7, 11) is -3.66. The predicted molar refractivity (Wildman–Crippen MR) is 85.1 cm³/mol. The van der Waals surface area contributed by atoms with E-state index in [2.05, 4.69) is 0 Å². The molecule has 0 spiro atoms. The smallest absolute Gasteiger partial charge is 0.199 e. The van der Waals surface area contributed by atoms with Gasteiger partial charge in [-0.3, -0.25) is 4.79 Å². The van der Waals surface area contributed by atoms with Crippen molar-refractivity contribution in [1.29, 1.82) is 5.26 Å². The fraction of sp³-hybridized carbons (Fsp3) is 0.111. The van der Waals surface area contributed by atoms with E-state index < -0.39 is 15.3 Å². The van der Waals surface area contributed by atoms with Gasteiger partial charge >= 0.3 is 0 Å². The monoisotopic (exact) mass is 323 g/mol. The van der Waals surface area contributed by atoms with Crippen LogP contribution < -0.4 is 0 Å². The molecule has 23 heavy (non-hydrogen) atoms. The number of rotatable bonds is 4. The lowest BCUT2D eigenvalue weighted by molar-refractivity contribution is 0.0942. The Labute approximate surface area is 134 Å². The number of hydrogen-bond acceptors (Lipinski definition) is 4. The Balaban J connectivity index is 1.95. The zero-order chi connectivity index (χ0) is 16.5. The standard InChI is InChI=1S/C18H13NO3S/c19-13-18(17(20)14-7-3-1-4-8-14)11-15(18)12-23(21,22)16-9-5-2-6-10-16/h1-10,12H,11H2/b15-12+. The maximum absolute atomic E-state index is 12.5. The van der Waals surface area contributed by atoms with Crippen LogP contribution in [0.15, 0.2) is 76.5 Å². The zero-order valence-corrected chi connectivity index (χ0v) is 13.0. The van der Waals surface area contributed by atoms with E-state index in [-0.39, 0.29) is 17.1 Å². The lowest BCUT2D eigenvalue weighted by Crippen LogP contribution is -2.14. The van der Waals surface area contributed by atoms with Gasteiger partial charge in [0.2, 0.25) is 0 Å². The lowest BCUT2D eigenvalue weighted by atomic mass is 9.95. The first-order valence-corrected chi connectivity index (χ1v) is 8.56. The van der Waals surface area contributed by atoms with Crippen molar-refractivity contribution < 1.29 is 13.2 Å². The number of allylic oxidation sites excluding steroid dienone is 1. The second-order valence-electron chi connectivity index (χ2n) is 5.39. The molecule has 5 heteroatoms. The highest BCUT2D eigenvalue weighted by atomic mass is 32.2. The van der Waals surface area contributed by atoms with Crippen LogP contribution >= 0.6 is 0 Å². The van der Waals surface area contributed by atoms with E-state index in [0.29, 0.717) is 11.1 Å². The Kier molecular flexibility index (Phi) is 3.63. The Morgan fingerprint density at radius 1 is 1.04 bits per heavy atom. The van der Waals surface area contributed by atoms with Crippen molar-refractivity contribution in [2.75, 3.05) is 0 Å². The lowest BCUT2D eigenvalue weighted by Gasteiger charge is -2.04. The molecule has 0 heterocycles. The van der Waals surface area contributed by atoms with Gasteiger partial charge in [0, 0.05) is 17.4 Å². The van der Waals surface area contributed by atoms with Crippen molar-refractivity contribution in [3.05, 3.63) is 77.2 Å². The van der Waals surface area contributed by atoms with Crippen molar-refractivity contribution in [1.82, 2.24) is 0 Å². The van der Waals surface area contributed by atoms with E-state index >= 15 is 0 Å². The Hall–Kier alpha value is -2.71. The SMILES string of the molecule is N#CC1(C(=O)c2ccccc2)C/C1=C\S(=O)(=O)c1ccccc1. The zero-order valence-electron chi connectivity index (χ0n) is 12.1. The van der Waals surface area contributed by atoms with Gasteiger partial charge in [-0.1, -0.05) is 48.5 Å². The van der Waals surface area contributed by atoms with Gasteiger partial charge in [-0.25, -0.2) is 8.42 Å². The third-order valence-electron chi connectivity index (χ3n) is 3.86. The van der Waals surface area contributed by atoms with Crippen LogP contribution in [0.2, 0.25) is 0 Å². The molecule has 114 valence electrons. The molecule has 4 nitrogen and oxygen atoms in total. The van der Waals surface area contributed by atoms with Gasteiger partial charge in [-0.2, -0.15) is 5.26 Å². The van der Waals surface area contributed by atoms with Crippen LogP contribution in [-0.4, -0.2) is 14.2 Å². The predicted octanol–water partition coefficient (Wildman–Crippen LogP) is 3.14. The van der Waals surface area contributed by atoms with Gasteiger partial charge in [-0.05, 0) is 17.7 Å². The van der Waals surface area contributed by atoms with Gasteiger partial charge in [-0.15, -0.1) is 0 Å². The minimum Gasteiger partial charge on any atom is -0.292 e. The molecule has 1 saturated carbocycles. The molecule has 0 aromatic heterocycles. The van der Waals surface area contributed by atoms with E-state index in [4.69, 9.17) is 0 Å².